The van der Waals surface area contributed by atoms with Crippen LogP contribution in [0.15, 0.2) is 37.3 Å². The predicted octanol–water partition coefficient (Wildman–Crippen LogP) is 4.24. The Hall–Kier alpha value is -0.830. The van der Waals surface area contributed by atoms with E-state index in [1.165, 1.54) is 0 Å². The molecule has 0 bridgehead atoms. The number of nitrogens with zero attached hydrogens (tertiary/aromatic N) is 2. The minimum Gasteiger partial charge on any atom is -0.235 e. The number of benzene rings is 1. The van der Waals surface area contributed by atoms with E-state index in [9.17, 15) is 0 Å². The van der Waals surface area contributed by atoms with Crippen LogP contribution in [-0.4, -0.2) is 4.98 Å². The molecule has 5 heteroatoms. The van der Waals surface area contributed by atoms with Gasteiger partial charge in [-0.1, -0.05) is 11.8 Å². The van der Waals surface area contributed by atoms with E-state index in [1.54, 1.807) is 23.1 Å². The molecular weight excluding hydrogens is 304 g/mol. The molecule has 16 heavy (non-hydrogen) atoms. The van der Waals surface area contributed by atoms with Crippen LogP contribution >= 0.6 is 39.0 Å². The zero-order valence-electron chi connectivity index (χ0n) is 8.40. The second-order valence-corrected chi connectivity index (χ2v) is 6.14. The van der Waals surface area contributed by atoms with E-state index in [1.807, 2.05) is 30.5 Å². The van der Waals surface area contributed by atoms with Gasteiger partial charge in [0.15, 0.2) is 4.34 Å². The monoisotopic (exact) mass is 310 g/mol. The molecule has 80 valence electrons. The van der Waals surface area contributed by atoms with Crippen molar-refractivity contribution in [3.05, 3.63) is 39.3 Å². The van der Waals surface area contributed by atoms with Crippen LogP contribution < -0.4 is 0 Å². The molecule has 0 saturated heterocycles. The number of rotatable bonds is 2. The molecule has 0 saturated carbocycles. The van der Waals surface area contributed by atoms with Crippen LogP contribution in [0.2, 0.25) is 0 Å². The maximum Gasteiger partial charge on any atom is 0.154 e. The van der Waals surface area contributed by atoms with Crippen LogP contribution in [-0.2, 0) is 0 Å². The molecule has 0 N–H and O–H groups in total. The average molecular weight is 311 g/mol. The smallest absolute Gasteiger partial charge is 0.154 e. The molecule has 0 fully saturated rings. The zero-order valence-corrected chi connectivity index (χ0v) is 11.6. The van der Waals surface area contributed by atoms with Gasteiger partial charge in [-0.15, -0.1) is 11.3 Å². The molecule has 2 aromatic rings. The third-order valence-electron chi connectivity index (χ3n) is 1.86. The lowest BCUT2D eigenvalue weighted by Crippen LogP contribution is -1.79. The molecule has 0 aliphatic carbocycles. The first kappa shape index (κ1) is 11.6. The highest BCUT2D eigenvalue weighted by Gasteiger charge is 2.04. The highest BCUT2D eigenvalue weighted by Crippen LogP contribution is 2.32. The first-order valence-electron chi connectivity index (χ1n) is 4.48. The summed E-state index contributed by atoms with van der Waals surface area (Å²) >= 11 is 6.61. The molecule has 0 spiro atoms. The van der Waals surface area contributed by atoms with Gasteiger partial charge >= 0.3 is 0 Å². The highest BCUT2D eigenvalue weighted by atomic mass is 79.9. The summed E-state index contributed by atoms with van der Waals surface area (Å²) in [7, 11) is 0. The predicted molar refractivity (Wildman–Crippen MR) is 69.8 cm³/mol. The summed E-state index contributed by atoms with van der Waals surface area (Å²) in [5, 5.41) is 10.8. The number of nitriles is 1. The Bertz CT molecular complexity index is 557. The third kappa shape index (κ3) is 2.64. The minimum atomic E-state index is 0.652. The van der Waals surface area contributed by atoms with Crippen LogP contribution in [0.3, 0.4) is 0 Å². The molecule has 2 nitrogen and oxygen atoms in total. The zero-order chi connectivity index (χ0) is 11.5. The van der Waals surface area contributed by atoms with Crippen LogP contribution in [0.4, 0.5) is 0 Å². The summed E-state index contributed by atoms with van der Waals surface area (Å²) in [5.74, 6) is 0. The molecule has 2 rings (SSSR count). The third-order valence-corrected chi connectivity index (χ3v) is 4.57. The van der Waals surface area contributed by atoms with Crippen molar-refractivity contribution < 1.29 is 0 Å². The summed E-state index contributed by atoms with van der Waals surface area (Å²) < 4.78 is 1.85. The summed E-state index contributed by atoms with van der Waals surface area (Å²) in [6, 6.07) is 7.81. The number of hydrogen-bond acceptors (Lipinski definition) is 4. The van der Waals surface area contributed by atoms with Gasteiger partial charge in [0, 0.05) is 20.4 Å². The van der Waals surface area contributed by atoms with Gasteiger partial charge in [0.05, 0.1) is 5.56 Å². The molecule has 0 aliphatic rings. The van der Waals surface area contributed by atoms with Gasteiger partial charge in [0.1, 0.15) is 6.07 Å². The van der Waals surface area contributed by atoms with Gasteiger partial charge in [-0.05, 0) is 41.1 Å². The summed E-state index contributed by atoms with van der Waals surface area (Å²) in [4.78, 5) is 5.46. The maximum absolute atomic E-state index is 8.81. The van der Waals surface area contributed by atoms with Crippen molar-refractivity contribution in [1.82, 2.24) is 4.98 Å². The fourth-order valence-electron chi connectivity index (χ4n) is 1.13. The second kappa shape index (κ2) is 5.00. The van der Waals surface area contributed by atoms with E-state index in [2.05, 4.69) is 27.0 Å². The lowest BCUT2D eigenvalue weighted by molar-refractivity contribution is 1.16. The molecular formula is C11H7BrN2S2. The van der Waals surface area contributed by atoms with E-state index >= 15 is 0 Å². The molecule has 1 heterocycles. The minimum absolute atomic E-state index is 0.652. The number of aryl methyl sites for hydroxylation is 1. The largest absolute Gasteiger partial charge is 0.235 e. The van der Waals surface area contributed by atoms with Crippen LogP contribution in [0.1, 0.15) is 11.3 Å². The van der Waals surface area contributed by atoms with Gasteiger partial charge < -0.3 is 0 Å². The molecule has 0 atom stereocenters. The van der Waals surface area contributed by atoms with Crippen molar-refractivity contribution in [3.63, 3.8) is 0 Å². The van der Waals surface area contributed by atoms with Crippen molar-refractivity contribution in [1.29, 1.82) is 5.26 Å². The quantitative estimate of drug-likeness (QED) is 0.832. The maximum atomic E-state index is 8.81. The average Bonchev–Trinajstić information content (AvgIpc) is 2.64. The van der Waals surface area contributed by atoms with Gasteiger partial charge in [0.2, 0.25) is 0 Å². The highest BCUT2D eigenvalue weighted by molar-refractivity contribution is 9.10. The topological polar surface area (TPSA) is 36.7 Å². The molecule has 0 radical (unpaired) electrons. The second-order valence-electron chi connectivity index (χ2n) is 3.11. The van der Waals surface area contributed by atoms with E-state index in [0.29, 0.717) is 5.56 Å². The van der Waals surface area contributed by atoms with Crippen LogP contribution in [0.5, 0.6) is 0 Å². The van der Waals surface area contributed by atoms with Crippen LogP contribution in [0, 0.1) is 18.3 Å². The molecule has 0 unspecified atom stereocenters. The summed E-state index contributed by atoms with van der Waals surface area (Å²) in [5.41, 5.74) is 1.69. The van der Waals surface area contributed by atoms with Crippen molar-refractivity contribution in [2.45, 2.75) is 16.2 Å². The van der Waals surface area contributed by atoms with Crippen molar-refractivity contribution >= 4 is 39.0 Å². The molecule has 0 amide bonds. The lowest BCUT2D eigenvalue weighted by atomic mass is 10.2. The Morgan fingerprint density at radius 1 is 1.50 bits per heavy atom. The van der Waals surface area contributed by atoms with E-state index in [-0.39, 0.29) is 0 Å². The normalized spacial score (nSPS) is 10.1. The van der Waals surface area contributed by atoms with Crippen molar-refractivity contribution in [2.75, 3.05) is 0 Å². The van der Waals surface area contributed by atoms with E-state index < -0.39 is 0 Å². The first-order valence-corrected chi connectivity index (χ1v) is 6.97. The van der Waals surface area contributed by atoms with E-state index in [0.717, 1.165) is 19.4 Å². The summed E-state index contributed by atoms with van der Waals surface area (Å²) in [6.45, 7) is 1.98. The SMILES string of the molecule is Cc1csc(Sc2ccc(C#N)c(Br)c2)n1. The first-order chi connectivity index (χ1) is 7.69. The number of halogens is 1. The van der Waals surface area contributed by atoms with Crippen molar-refractivity contribution in [2.24, 2.45) is 0 Å². The Kier molecular flexibility index (Phi) is 3.64. The Morgan fingerprint density at radius 2 is 2.31 bits per heavy atom. The van der Waals surface area contributed by atoms with Gasteiger partial charge in [-0.3, -0.25) is 0 Å². The van der Waals surface area contributed by atoms with E-state index in [4.69, 9.17) is 5.26 Å². The van der Waals surface area contributed by atoms with Gasteiger partial charge in [-0.2, -0.15) is 5.26 Å². The number of thiazole rings is 1. The Labute approximate surface area is 110 Å². The van der Waals surface area contributed by atoms with Crippen LogP contribution in [0.25, 0.3) is 0 Å². The molecule has 1 aromatic heterocycles. The Balaban J connectivity index is 2.23. The molecule has 0 aliphatic heterocycles. The Morgan fingerprint density at radius 3 is 2.88 bits per heavy atom. The fourth-order valence-corrected chi connectivity index (χ4v) is 3.60. The fraction of sp³-hybridized carbons (Fsp3) is 0.0909. The standard InChI is InChI=1S/C11H7BrN2S2/c1-7-6-15-11(14-7)16-9-3-2-8(5-13)10(12)4-9/h2-4,6H,1H3. The number of hydrogen-bond donors (Lipinski definition) is 0. The lowest BCUT2D eigenvalue weighted by Gasteiger charge is -1.99. The number of aromatic nitrogens is 1. The summed E-state index contributed by atoms with van der Waals surface area (Å²) in [6.07, 6.45) is 0. The van der Waals surface area contributed by atoms with Gasteiger partial charge in [0.25, 0.3) is 0 Å². The van der Waals surface area contributed by atoms with Gasteiger partial charge in [-0.25, -0.2) is 4.98 Å². The van der Waals surface area contributed by atoms with Crippen molar-refractivity contribution in [3.8, 4) is 6.07 Å². The molecule has 1 aromatic carbocycles.